The number of hydrogen-bond acceptors (Lipinski definition) is 3. The van der Waals surface area contributed by atoms with Crippen molar-refractivity contribution in [2.24, 2.45) is 0 Å². The predicted molar refractivity (Wildman–Crippen MR) is 87.9 cm³/mol. The third-order valence-corrected chi connectivity index (χ3v) is 4.07. The third-order valence-electron chi connectivity index (χ3n) is 3.76. The molecule has 1 N–H and O–H groups in total. The van der Waals surface area contributed by atoms with Gasteiger partial charge in [0.05, 0.1) is 11.6 Å². The zero-order chi connectivity index (χ0) is 15.1. The van der Waals surface area contributed by atoms with E-state index in [0.29, 0.717) is 5.02 Å². The van der Waals surface area contributed by atoms with Crippen LogP contribution in [-0.4, -0.2) is 10.1 Å². The van der Waals surface area contributed by atoms with Crippen molar-refractivity contribution in [1.29, 1.82) is 0 Å². The van der Waals surface area contributed by atoms with E-state index in [0.717, 1.165) is 38.6 Å². The first kappa shape index (κ1) is 13.3. The fourth-order valence-electron chi connectivity index (χ4n) is 2.69. The molecule has 0 atom stereocenters. The average molecular weight is 310 g/mol. The van der Waals surface area contributed by atoms with Gasteiger partial charge in [-0.25, -0.2) is 0 Å². The van der Waals surface area contributed by atoms with Crippen molar-refractivity contribution in [2.75, 3.05) is 0 Å². The fraction of sp³-hybridized carbons (Fsp3) is 0.0556. The Morgan fingerprint density at radius 2 is 1.91 bits per heavy atom. The number of halogens is 1. The van der Waals surface area contributed by atoms with Crippen LogP contribution >= 0.6 is 11.6 Å². The largest absolute Gasteiger partial charge is 0.456 e. The SMILES string of the molecule is OCc1cc(Cl)c2cncc(-c3cc4ccccc4o3)c2c1. The Bertz CT molecular complexity index is 958. The number of aliphatic hydroxyl groups is 1. The van der Waals surface area contributed by atoms with Crippen molar-refractivity contribution < 1.29 is 9.52 Å². The van der Waals surface area contributed by atoms with Crippen LogP contribution in [0.1, 0.15) is 5.56 Å². The first-order chi connectivity index (χ1) is 10.8. The summed E-state index contributed by atoms with van der Waals surface area (Å²) in [7, 11) is 0. The van der Waals surface area contributed by atoms with Gasteiger partial charge in [-0.05, 0) is 35.2 Å². The maximum atomic E-state index is 9.40. The van der Waals surface area contributed by atoms with Gasteiger partial charge < -0.3 is 9.52 Å². The highest BCUT2D eigenvalue weighted by molar-refractivity contribution is 6.36. The van der Waals surface area contributed by atoms with Gasteiger partial charge in [0.15, 0.2) is 0 Å². The highest BCUT2D eigenvalue weighted by atomic mass is 35.5. The van der Waals surface area contributed by atoms with E-state index in [-0.39, 0.29) is 6.61 Å². The number of hydrogen-bond donors (Lipinski definition) is 1. The highest BCUT2D eigenvalue weighted by Crippen LogP contribution is 2.35. The number of furan rings is 1. The predicted octanol–water partition coefficient (Wildman–Crippen LogP) is 4.79. The van der Waals surface area contributed by atoms with Crippen LogP contribution in [0, 0.1) is 0 Å². The van der Waals surface area contributed by atoms with Gasteiger partial charge >= 0.3 is 0 Å². The molecule has 0 unspecified atom stereocenters. The third kappa shape index (κ3) is 2.06. The molecule has 0 saturated heterocycles. The van der Waals surface area contributed by atoms with Gasteiger partial charge in [-0.3, -0.25) is 4.98 Å². The topological polar surface area (TPSA) is 46.3 Å². The summed E-state index contributed by atoms with van der Waals surface area (Å²) in [6.07, 6.45) is 3.49. The number of aromatic nitrogens is 1. The minimum absolute atomic E-state index is 0.0580. The van der Waals surface area contributed by atoms with Gasteiger partial charge in [0.25, 0.3) is 0 Å². The normalized spacial score (nSPS) is 11.4. The monoisotopic (exact) mass is 309 g/mol. The van der Waals surface area contributed by atoms with Crippen LogP contribution in [0.15, 0.2) is 59.3 Å². The number of para-hydroxylation sites is 1. The molecule has 2 heterocycles. The number of benzene rings is 2. The Morgan fingerprint density at radius 3 is 2.73 bits per heavy atom. The lowest BCUT2D eigenvalue weighted by Gasteiger charge is -2.07. The van der Waals surface area contributed by atoms with Crippen LogP contribution in [0.25, 0.3) is 33.1 Å². The number of nitrogens with zero attached hydrogens (tertiary/aromatic N) is 1. The van der Waals surface area contributed by atoms with Crippen LogP contribution in [0.3, 0.4) is 0 Å². The van der Waals surface area contributed by atoms with E-state index in [9.17, 15) is 5.11 Å². The molecule has 0 aliphatic carbocycles. The van der Waals surface area contributed by atoms with E-state index in [2.05, 4.69) is 4.98 Å². The number of aliphatic hydroxyl groups excluding tert-OH is 1. The second-order valence-electron chi connectivity index (χ2n) is 5.17. The standard InChI is InChI=1S/C18H12ClNO2/c19-16-6-11(10-21)5-13-14(16)8-20-9-15(13)18-7-12-3-1-2-4-17(12)22-18/h1-9,21H,10H2. The van der Waals surface area contributed by atoms with E-state index in [1.54, 1.807) is 18.5 Å². The van der Waals surface area contributed by atoms with Gasteiger partial charge in [-0.15, -0.1) is 0 Å². The Hall–Kier alpha value is -2.36. The molecule has 2 aromatic carbocycles. The molecule has 0 radical (unpaired) electrons. The summed E-state index contributed by atoms with van der Waals surface area (Å²) < 4.78 is 5.93. The van der Waals surface area contributed by atoms with E-state index in [4.69, 9.17) is 16.0 Å². The Morgan fingerprint density at radius 1 is 1.05 bits per heavy atom. The highest BCUT2D eigenvalue weighted by Gasteiger charge is 2.12. The molecule has 22 heavy (non-hydrogen) atoms. The van der Waals surface area contributed by atoms with Crippen molar-refractivity contribution >= 4 is 33.3 Å². The van der Waals surface area contributed by atoms with Crippen LogP contribution in [0.4, 0.5) is 0 Å². The van der Waals surface area contributed by atoms with Crippen molar-refractivity contribution in [3.63, 3.8) is 0 Å². The lowest BCUT2D eigenvalue weighted by Crippen LogP contribution is -1.88. The number of pyridine rings is 1. The molecule has 0 amide bonds. The van der Waals surface area contributed by atoms with E-state index in [1.165, 1.54) is 0 Å². The Kier molecular flexibility index (Phi) is 3.10. The first-order valence-electron chi connectivity index (χ1n) is 6.92. The van der Waals surface area contributed by atoms with Gasteiger partial charge in [0.2, 0.25) is 0 Å². The maximum absolute atomic E-state index is 9.40. The first-order valence-corrected chi connectivity index (χ1v) is 7.30. The van der Waals surface area contributed by atoms with Crippen LogP contribution in [0.5, 0.6) is 0 Å². The van der Waals surface area contributed by atoms with E-state index >= 15 is 0 Å². The molecule has 0 bridgehead atoms. The maximum Gasteiger partial charge on any atom is 0.137 e. The smallest absolute Gasteiger partial charge is 0.137 e. The molecule has 0 fully saturated rings. The molecule has 108 valence electrons. The Labute approximate surface area is 131 Å². The molecular formula is C18H12ClNO2. The minimum atomic E-state index is -0.0580. The summed E-state index contributed by atoms with van der Waals surface area (Å²) in [5, 5.41) is 12.8. The molecular weight excluding hydrogens is 298 g/mol. The zero-order valence-electron chi connectivity index (χ0n) is 11.6. The molecule has 0 aliphatic rings. The molecule has 0 aliphatic heterocycles. The summed E-state index contributed by atoms with van der Waals surface area (Å²) in [5.41, 5.74) is 2.46. The van der Waals surface area contributed by atoms with Crippen molar-refractivity contribution in [3.8, 4) is 11.3 Å². The van der Waals surface area contributed by atoms with Crippen LogP contribution in [-0.2, 0) is 6.61 Å². The van der Waals surface area contributed by atoms with Crippen LogP contribution < -0.4 is 0 Å². The molecule has 0 spiro atoms. The molecule has 4 aromatic rings. The van der Waals surface area contributed by atoms with Gasteiger partial charge in [-0.1, -0.05) is 29.8 Å². The molecule has 4 heteroatoms. The summed E-state index contributed by atoms with van der Waals surface area (Å²) in [6.45, 7) is -0.0580. The lowest BCUT2D eigenvalue weighted by molar-refractivity contribution is 0.282. The number of rotatable bonds is 2. The van der Waals surface area contributed by atoms with Crippen molar-refractivity contribution in [1.82, 2.24) is 4.98 Å². The quantitative estimate of drug-likeness (QED) is 0.579. The molecule has 4 rings (SSSR count). The van der Waals surface area contributed by atoms with Crippen LogP contribution in [0.2, 0.25) is 5.02 Å². The van der Waals surface area contributed by atoms with E-state index in [1.807, 2.05) is 36.4 Å². The summed E-state index contributed by atoms with van der Waals surface area (Å²) in [4.78, 5) is 4.27. The Balaban J connectivity index is 2.03. The van der Waals surface area contributed by atoms with E-state index < -0.39 is 0 Å². The van der Waals surface area contributed by atoms with Gasteiger partial charge in [-0.2, -0.15) is 0 Å². The summed E-state index contributed by atoms with van der Waals surface area (Å²) in [5.74, 6) is 0.741. The molecule has 3 nitrogen and oxygen atoms in total. The fourth-order valence-corrected chi connectivity index (χ4v) is 2.98. The second-order valence-corrected chi connectivity index (χ2v) is 5.57. The molecule has 0 saturated carbocycles. The average Bonchev–Trinajstić information content (AvgIpc) is 2.98. The lowest BCUT2D eigenvalue weighted by atomic mass is 10.0. The molecule has 2 aromatic heterocycles. The summed E-state index contributed by atoms with van der Waals surface area (Å²) >= 11 is 6.30. The minimum Gasteiger partial charge on any atom is -0.456 e. The van der Waals surface area contributed by atoms with Gasteiger partial charge in [0, 0.05) is 28.7 Å². The van der Waals surface area contributed by atoms with Crippen molar-refractivity contribution in [3.05, 3.63) is 65.4 Å². The number of fused-ring (bicyclic) bond motifs is 2. The van der Waals surface area contributed by atoms with Crippen molar-refractivity contribution in [2.45, 2.75) is 6.61 Å². The second kappa shape index (κ2) is 5.13. The zero-order valence-corrected chi connectivity index (χ0v) is 12.3. The summed E-state index contributed by atoms with van der Waals surface area (Å²) in [6, 6.07) is 13.5. The van der Waals surface area contributed by atoms with Gasteiger partial charge in [0.1, 0.15) is 11.3 Å².